The molecule has 1 unspecified atom stereocenters. The summed E-state index contributed by atoms with van der Waals surface area (Å²) in [5.41, 5.74) is 4.57. The molecule has 0 saturated carbocycles. The largest absolute Gasteiger partial charge is 0.497 e. The molecule has 0 bridgehead atoms. The fourth-order valence-electron chi connectivity index (χ4n) is 4.78. The number of imidazole rings is 1. The minimum absolute atomic E-state index is 0.132. The molecule has 0 radical (unpaired) electrons. The Morgan fingerprint density at radius 1 is 1.39 bits per heavy atom. The van der Waals surface area contributed by atoms with E-state index in [1.165, 1.54) is 17.5 Å². The van der Waals surface area contributed by atoms with Crippen LogP contribution in [0.4, 0.5) is 5.82 Å². The summed E-state index contributed by atoms with van der Waals surface area (Å²) in [6.07, 6.45) is 6.20. The monoisotopic (exact) mass is 465 g/mol. The van der Waals surface area contributed by atoms with Crippen LogP contribution in [0.25, 0.3) is 11.0 Å². The van der Waals surface area contributed by atoms with Crippen LogP contribution in [-0.2, 0) is 28.9 Å². The van der Waals surface area contributed by atoms with Crippen LogP contribution >= 0.6 is 11.8 Å². The maximum atomic E-state index is 12.9. The standard InChI is InChI=1S/C24H27N5O3S/c1-31-15-8-9-19-20(11-15)27-24(26-19)33-14-22(30)28-23-18(12-25)17-6-2-3-7-21(17)29(23)13-16-5-4-10-32-16/h8-9,11,16H,2-7,10,13-14H2,1H3,(H,26,27)(H,28,30). The second kappa shape index (κ2) is 9.49. The summed E-state index contributed by atoms with van der Waals surface area (Å²) >= 11 is 1.34. The SMILES string of the molecule is COc1ccc2nc(SCC(=O)Nc3c(C#N)c4c(n3CC3CCCO3)CCCC4)[nH]c2c1. The van der Waals surface area contributed by atoms with Crippen molar-refractivity contribution in [2.75, 3.05) is 24.8 Å². The zero-order valence-corrected chi connectivity index (χ0v) is 19.5. The molecule has 2 aliphatic rings. The molecule has 9 heteroatoms. The number of anilines is 1. The fourth-order valence-corrected chi connectivity index (χ4v) is 5.46. The summed E-state index contributed by atoms with van der Waals surface area (Å²) in [6, 6.07) is 7.99. The number of methoxy groups -OCH3 is 1. The second-order valence-electron chi connectivity index (χ2n) is 8.48. The van der Waals surface area contributed by atoms with Gasteiger partial charge < -0.3 is 24.3 Å². The molecule has 1 aliphatic heterocycles. The number of carbonyl (C=O) groups is 1. The normalized spacial score (nSPS) is 17.6. The van der Waals surface area contributed by atoms with Crippen molar-refractivity contribution in [2.45, 2.75) is 56.3 Å². The lowest BCUT2D eigenvalue weighted by molar-refractivity contribution is -0.113. The number of rotatable bonds is 7. The molecule has 1 amide bonds. The maximum Gasteiger partial charge on any atom is 0.235 e. The maximum absolute atomic E-state index is 12.9. The highest BCUT2D eigenvalue weighted by atomic mass is 32.2. The van der Waals surface area contributed by atoms with Crippen molar-refractivity contribution in [1.82, 2.24) is 14.5 Å². The topological polar surface area (TPSA) is 105 Å². The molecule has 2 aromatic heterocycles. The Kier molecular flexibility index (Phi) is 6.29. The van der Waals surface area contributed by atoms with Crippen LogP contribution < -0.4 is 10.1 Å². The summed E-state index contributed by atoms with van der Waals surface area (Å²) < 4.78 is 13.3. The number of amides is 1. The van der Waals surface area contributed by atoms with Crippen molar-refractivity contribution in [3.63, 3.8) is 0 Å². The van der Waals surface area contributed by atoms with Crippen LogP contribution in [0.2, 0.25) is 0 Å². The van der Waals surface area contributed by atoms with Crippen LogP contribution in [0.5, 0.6) is 5.75 Å². The third-order valence-corrected chi connectivity index (χ3v) is 7.23. The number of nitrogens with one attached hydrogen (secondary N) is 2. The number of thioether (sulfide) groups is 1. The zero-order chi connectivity index (χ0) is 22.8. The average Bonchev–Trinajstić information content (AvgIpc) is 3.56. The van der Waals surface area contributed by atoms with Crippen LogP contribution in [0.3, 0.4) is 0 Å². The Morgan fingerprint density at radius 3 is 3.06 bits per heavy atom. The van der Waals surface area contributed by atoms with E-state index < -0.39 is 0 Å². The van der Waals surface area contributed by atoms with Gasteiger partial charge in [-0.05, 0) is 56.2 Å². The van der Waals surface area contributed by atoms with E-state index in [2.05, 4.69) is 25.9 Å². The van der Waals surface area contributed by atoms with Crippen LogP contribution in [0, 0.1) is 11.3 Å². The third-order valence-electron chi connectivity index (χ3n) is 6.36. The van der Waals surface area contributed by atoms with E-state index >= 15 is 0 Å². The van der Waals surface area contributed by atoms with E-state index in [1.54, 1.807) is 7.11 Å². The van der Waals surface area contributed by atoms with Gasteiger partial charge in [0.2, 0.25) is 5.91 Å². The van der Waals surface area contributed by atoms with E-state index in [0.29, 0.717) is 23.1 Å². The molecule has 172 valence electrons. The number of aromatic amines is 1. The summed E-state index contributed by atoms with van der Waals surface area (Å²) in [5.74, 6) is 1.41. The molecule has 1 aliphatic carbocycles. The van der Waals surface area contributed by atoms with Crippen LogP contribution in [0.15, 0.2) is 23.4 Å². The first-order valence-corrected chi connectivity index (χ1v) is 12.4. The van der Waals surface area contributed by atoms with Crippen molar-refractivity contribution >= 4 is 34.5 Å². The number of H-pyrrole nitrogens is 1. The van der Waals surface area contributed by atoms with Gasteiger partial charge in [-0.3, -0.25) is 4.79 Å². The Hall–Kier alpha value is -2.96. The summed E-state index contributed by atoms with van der Waals surface area (Å²) in [4.78, 5) is 20.7. The van der Waals surface area contributed by atoms with Crippen molar-refractivity contribution in [3.05, 3.63) is 35.0 Å². The molecule has 8 nitrogen and oxygen atoms in total. The van der Waals surface area contributed by atoms with Gasteiger partial charge in [0.15, 0.2) is 5.16 Å². The Balaban J connectivity index is 1.34. The molecule has 1 aromatic carbocycles. The number of benzene rings is 1. The molecule has 0 spiro atoms. The van der Waals surface area contributed by atoms with Crippen LogP contribution in [0.1, 0.15) is 42.5 Å². The van der Waals surface area contributed by atoms with Gasteiger partial charge in [-0.1, -0.05) is 11.8 Å². The molecule has 3 heterocycles. The van der Waals surface area contributed by atoms with Gasteiger partial charge in [0.05, 0.1) is 42.1 Å². The smallest absolute Gasteiger partial charge is 0.235 e. The molecule has 33 heavy (non-hydrogen) atoms. The lowest BCUT2D eigenvalue weighted by atomic mass is 9.95. The second-order valence-corrected chi connectivity index (χ2v) is 9.44. The predicted molar refractivity (Wildman–Crippen MR) is 127 cm³/mol. The number of hydrogen-bond acceptors (Lipinski definition) is 6. The minimum atomic E-state index is -0.155. The number of aromatic nitrogens is 3. The Morgan fingerprint density at radius 2 is 2.27 bits per heavy atom. The first-order chi connectivity index (χ1) is 16.2. The molecular weight excluding hydrogens is 438 g/mol. The highest BCUT2D eigenvalue weighted by Crippen LogP contribution is 2.34. The van der Waals surface area contributed by atoms with Gasteiger partial charge in [0.25, 0.3) is 0 Å². The molecule has 1 saturated heterocycles. The molecule has 5 rings (SSSR count). The van der Waals surface area contributed by atoms with Gasteiger partial charge in [-0.2, -0.15) is 5.26 Å². The predicted octanol–water partition coefficient (Wildman–Crippen LogP) is 4.03. The minimum Gasteiger partial charge on any atom is -0.497 e. The first-order valence-electron chi connectivity index (χ1n) is 11.4. The molecule has 1 atom stereocenters. The van der Waals surface area contributed by atoms with Gasteiger partial charge in [-0.25, -0.2) is 4.98 Å². The zero-order valence-electron chi connectivity index (χ0n) is 18.6. The van der Waals surface area contributed by atoms with E-state index in [0.717, 1.165) is 67.5 Å². The molecule has 1 fully saturated rings. The van der Waals surface area contributed by atoms with Crippen molar-refractivity contribution in [1.29, 1.82) is 5.26 Å². The summed E-state index contributed by atoms with van der Waals surface area (Å²) in [7, 11) is 1.62. The van der Waals surface area contributed by atoms with Crippen LogP contribution in [-0.4, -0.2) is 46.0 Å². The number of ether oxygens (including phenoxy) is 2. The summed E-state index contributed by atoms with van der Waals surface area (Å²) in [5, 5.41) is 13.6. The molecule has 2 N–H and O–H groups in total. The average molecular weight is 466 g/mol. The van der Waals surface area contributed by atoms with E-state index in [-0.39, 0.29) is 17.8 Å². The van der Waals surface area contributed by atoms with Gasteiger partial charge in [0.1, 0.15) is 17.6 Å². The Bertz CT molecular complexity index is 1220. The molecular formula is C24H27N5O3S. The van der Waals surface area contributed by atoms with Gasteiger partial charge in [-0.15, -0.1) is 0 Å². The number of hydrogen-bond donors (Lipinski definition) is 2. The first kappa shape index (κ1) is 21.9. The van der Waals surface area contributed by atoms with Crippen molar-refractivity contribution in [3.8, 4) is 11.8 Å². The number of nitrogens with zero attached hydrogens (tertiary/aromatic N) is 3. The number of fused-ring (bicyclic) bond motifs is 2. The van der Waals surface area contributed by atoms with Crippen molar-refractivity contribution < 1.29 is 14.3 Å². The van der Waals surface area contributed by atoms with Gasteiger partial charge >= 0.3 is 0 Å². The third kappa shape index (κ3) is 4.45. The van der Waals surface area contributed by atoms with Gasteiger partial charge in [0, 0.05) is 18.4 Å². The van der Waals surface area contributed by atoms with E-state index in [1.807, 2.05) is 18.2 Å². The van der Waals surface area contributed by atoms with E-state index in [9.17, 15) is 10.1 Å². The lowest BCUT2D eigenvalue weighted by Gasteiger charge is -2.19. The fraction of sp³-hybridized carbons (Fsp3) is 0.458. The number of carbonyl (C=O) groups excluding carboxylic acids is 1. The highest BCUT2D eigenvalue weighted by molar-refractivity contribution is 7.99. The quantitative estimate of drug-likeness (QED) is 0.511. The molecule has 3 aromatic rings. The number of nitriles is 1. The summed E-state index contributed by atoms with van der Waals surface area (Å²) in [6.45, 7) is 1.46. The van der Waals surface area contributed by atoms with E-state index in [4.69, 9.17) is 9.47 Å². The Labute approximate surface area is 196 Å². The lowest BCUT2D eigenvalue weighted by Crippen LogP contribution is -2.23. The van der Waals surface area contributed by atoms with Crippen molar-refractivity contribution in [2.24, 2.45) is 0 Å². The highest BCUT2D eigenvalue weighted by Gasteiger charge is 2.28.